The molecule has 1 N–H and O–H groups in total. The van der Waals surface area contributed by atoms with Crippen LogP contribution in [0.25, 0.3) is 0 Å². The zero-order valence-electron chi connectivity index (χ0n) is 16.0. The van der Waals surface area contributed by atoms with Crippen molar-refractivity contribution in [2.45, 2.75) is 43.6 Å². The Balaban J connectivity index is 1.69. The van der Waals surface area contributed by atoms with Crippen molar-refractivity contribution in [1.82, 2.24) is 9.97 Å². The van der Waals surface area contributed by atoms with Gasteiger partial charge in [0.2, 0.25) is 0 Å². The van der Waals surface area contributed by atoms with Crippen LogP contribution in [-0.2, 0) is 21.3 Å². The van der Waals surface area contributed by atoms with Crippen LogP contribution in [0.5, 0.6) is 0 Å². The highest BCUT2D eigenvalue weighted by molar-refractivity contribution is 7.84. The Bertz CT molecular complexity index is 870. The first-order valence-electron chi connectivity index (χ1n) is 9.31. The summed E-state index contributed by atoms with van der Waals surface area (Å²) in [6.07, 6.45) is 3.10. The van der Waals surface area contributed by atoms with Crippen molar-refractivity contribution in [3.8, 4) is 0 Å². The summed E-state index contributed by atoms with van der Waals surface area (Å²) in [4.78, 5) is 21.1. The van der Waals surface area contributed by atoms with Gasteiger partial charge in [-0.05, 0) is 30.5 Å². The van der Waals surface area contributed by atoms with E-state index in [0.29, 0.717) is 30.5 Å². The lowest BCUT2D eigenvalue weighted by atomic mass is 10.2. The van der Waals surface area contributed by atoms with Crippen molar-refractivity contribution in [2.75, 3.05) is 18.5 Å². The molecule has 1 aliphatic rings. The lowest BCUT2D eigenvalue weighted by Crippen LogP contribution is -2.25. The Morgan fingerprint density at radius 1 is 1.36 bits per heavy atom. The molecule has 2 aromatic rings. The minimum absolute atomic E-state index is 0.0901. The molecular weight excluding hydrogens is 398 g/mol. The number of hydrogen-bond donors (Lipinski definition) is 1. The molecule has 6 nitrogen and oxygen atoms in total. The first kappa shape index (κ1) is 20.9. The monoisotopic (exact) mass is 421 g/mol. The van der Waals surface area contributed by atoms with E-state index in [2.05, 4.69) is 15.3 Å². The summed E-state index contributed by atoms with van der Waals surface area (Å²) in [5, 5.41) is 3.20. The van der Waals surface area contributed by atoms with Crippen LogP contribution in [0, 0.1) is 0 Å². The number of hydrogen-bond acceptors (Lipinski definition) is 5. The molecule has 0 spiro atoms. The zero-order chi connectivity index (χ0) is 20.1. The molecule has 0 radical (unpaired) electrons. The SMILES string of the molecule is CC(C)c1ncc(Cl)c(C(=O)Nc2cccc(CS(=O)C3CCOCC3)c2)n1. The van der Waals surface area contributed by atoms with E-state index in [-0.39, 0.29) is 21.9 Å². The smallest absolute Gasteiger partial charge is 0.275 e. The van der Waals surface area contributed by atoms with Gasteiger partial charge in [0.1, 0.15) is 5.82 Å². The summed E-state index contributed by atoms with van der Waals surface area (Å²) in [6.45, 7) is 5.25. The minimum Gasteiger partial charge on any atom is -0.381 e. The Morgan fingerprint density at radius 3 is 2.82 bits per heavy atom. The van der Waals surface area contributed by atoms with Gasteiger partial charge in [-0.25, -0.2) is 9.97 Å². The molecule has 1 unspecified atom stereocenters. The number of rotatable bonds is 6. The molecule has 0 aliphatic carbocycles. The highest BCUT2D eigenvalue weighted by Crippen LogP contribution is 2.21. The van der Waals surface area contributed by atoms with Crippen LogP contribution in [0.4, 0.5) is 5.69 Å². The van der Waals surface area contributed by atoms with Gasteiger partial charge in [0.15, 0.2) is 5.69 Å². The second-order valence-corrected chi connectivity index (χ2v) is 9.19. The highest BCUT2D eigenvalue weighted by atomic mass is 35.5. The number of nitrogens with zero attached hydrogens (tertiary/aromatic N) is 2. The second kappa shape index (κ2) is 9.58. The Morgan fingerprint density at radius 2 is 2.11 bits per heavy atom. The normalized spacial score (nSPS) is 16.1. The number of nitrogens with one attached hydrogen (secondary N) is 1. The molecule has 1 fully saturated rings. The predicted molar refractivity (Wildman–Crippen MR) is 111 cm³/mol. The molecule has 1 aromatic heterocycles. The summed E-state index contributed by atoms with van der Waals surface area (Å²) in [7, 11) is -0.961. The summed E-state index contributed by atoms with van der Waals surface area (Å²) < 4.78 is 17.9. The highest BCUT2D eigenvalue weighted by Gasteiger charge is 2.21. The van der Waals surface area contributed by atoms with Gasteiger partial charge in [-0.1, -0.05) is 37.6 Å². The van der Waals surface area contributed by atoms with E-state index < -0.39 is 16.7 Å². The summed E-state index contributed by atoms with van der Waals surface area (Å²) >= 11 is 6.11. The van der Waals surface area contributed by atoms with Crippen molar-refractivity contribution < 1.29 is 13.7 Å². The average molecular weight is 422 g/mol. The number of ether oxygens (including phenoxy) is 1. The van der Waals surface area contributed by atoms with E-state index in [4.69, 9.17) is 16.3 Å². The van der Waals surface area contributed by atoms with E-state index in [1.54, 1.807) is 6.07 Å². The fourth-order valence-corrected chi connectivity index (χ4v) is 4.61. The van der Waals surface area contributed by atoms with Crippen molar-refractivity contribution >= 4 is 34.0 Å². The van der Waals surface area contributed by atoms with Crippen molar-refractivity contribution in [3.63, 3.8) is 0 Å². The third kappa shape index (κ3) is 5.37. The fourth-order valence-electron chi connectivity index (χ4n) is 2.97. The Labute approximate surface area is 172 Å². The molecule has 3 rings (SSSR count). The lowest BCUT2D eigenvalue weighted by Gasteiger charge is -2.21. The number of carbonyl (C=O) groups is 1. The van der Waals surface area contributed by atoms with Crippen LogP contribution >= 0.6 is 11.6 Å². The van der Waals surface area contributed by atoms with Gasteiger partial charge in [-0.2, -0.15) is 0 Å². The van der Waals surface area contributed by atoms with E-state index in [1.165, 1.54) is 6.20 Å². The van der Waals surface area contributed by atoms with Gasteiger partial charge >= 0.3 is 0 Å². The van der Waals surface area contributed by atoms with Crippen LogP contribution in [0.1, 0.15) is 54.5 Å². The fraction of sp³-hybridized carbons (Fsp3) is 0.450. The number of benzene rings is 1. The number of carbonyl (C=O) groups excluding carboxylic acids is 1. The van der Waals surface area contributed by atoms with E-state index >= 15 is 0 Å². The Kier molecular flexibility index (Phi) is 7.15. The summed E-state index contributed by atoms with van der Waals surface area (Å²) in [6, 6.07) is 7.39. The molecule has 1 atom stereocenters. The first-order valence-corrected chi connectivity index (χ1v) is 11.1. The van der Waals surface area contributed by atoms with E-state index in [1.807, 2.05) is 32.0 Å². The third-order valence-electron chi connectivity index (χ3n) is 4.53. The van der Waals surface area contributed by atoms with E-state index in [9.17, 15) is 9.00 Å². The molecule has 0 bridgehead atoms. The van der Waals surface area contributed by atoms with Crippen LogP contribution in [0.3, 0.4) is 0 Å². The standard InChI is InChI=1S/C20H24ClN3O3S/c1-13(2)19-22-11-17(21)18(24-19)20(25)23-15-5-3-4-14(10-15)12-28(26)16-6-8-27-9-7-16/h3-5,10-11,13,16H,6-9,12H2,1-2H3,(H,23,25). The molecule has 150 valence electrons. The number of aromatic nitrogens is 2. The maximum atomic E-state index is 12.6. The van der Waals surface area contributed by atoms with Gasteiger partial charge in [0, 0.05) is 46.6 Å². The first-order chi connectivity index (χ1) is 13.4. The van der Waals surface area contributed by atoms with Gasteiger partial charge in [0.05, 0.1) is 11.2 Å². The molecule has 28 heavy (non-hydrogen) atoms. The van der Waals surface area contributed by atoms with Crippen LogP contribution in [-0.4, -0.2) is 38.5 Å². The molecule has 1 amide bonds. The topological polar surface area (TPSA) is 81.2 Å². The van der Waals surface area contributed by atoms with Gasteiger partial charge in [-0.3, -0.25) is 9.00 Å². The van der Waals surface area contributed by atoms with Gasteiger partial charge in [-0.15, -0.1) is 0 Å². The average Bonchev–Trinajstić information content (AvgIpc) is 2.69. The molecule has 0 saturated carbocycles. The third-order valence-corrected chi connectivity index (χ3v) is 6.64. The zero-order valence-corrected chi connectivity index (χ0v) is 17.6. The second-order valence-electron chi connectivity index (χ2n) is 7.07. The van der Waals surface area contributed by atoms with Crippen molar-refractivity contribution in [1.29, 1.82) is 0 Å². The largest absolute Gasteiger partial charge is 0.381 e. The van der Waals surface area contributed by atoms with Crippen molar-refractivity contribution in [3.05, 3.63) is 52.6 Å². The molecule has 2 heterocycles. The van der Waals surface area contributed by atoms with Crippen LogP contribution < -0.4 is 5.32 Å². The molecule has 8 heteroatoms. The number of anilines is 1. The van der Waals surface area contributed by atoms with Crippen LogP contribution in [0.15, 0.2) is 30.5 Å². The number of amides is 1. The quantitative estimate of drug-likeness (QED) is 0.764. The molecule has 1 aromatic carbocycles. The molecule has 1 aliphatic heterocycles. The Hall–Kier alpha value is -1.83. The minimum atomic E-state index is -0.961. The van der Waals surface area contributed by atoms with Gasteiger partial charge < -0.3 is 10.1 Å². The summed E-state index contributed by atoms with van der Waals surface area (Å²) in [5.74, 6) is 0.722. The number of halogens is 1. The summed E-state index contributed by atoms with van der Waals surface area (Å²) in [5.41, 5.74) is 1.68. The lowest BCUT2D eigenvalue weighted by molar-refractivity contribution is 0.0991. The predicted octanol–water partition coefficient (Wildman–Crippen LogP) is 3.93. The van der Waals surface area contributed by atoms with E-state index in [0.717, 1.165) is 18.4 Å². The van der Waals surface area contributed by atoms with Gasteiger partial charge in [0.25, 0.3) is 5.91 Å². The maximum Gasteiger partial charge on any atom is 0.275 e. The van der Waals surface area contributed by atoms with Crippen LogP contribution in [0.2, 0.25) is 5.02 Å². The molecular formula is C20H24ClN3O3S. The maximum absolute atomic E-state index is 12.6. The molecule has 1 saturated heterocycles. The van der Waals surface area contributed by atoms with Crippen molar-refractivity contribution in [2.24, 2.45) is 0 Å².